The normalized spacial score (nSPS) is 17.0. The number of hydrogen-bond acceptors (Lipinski definition) is 4. The molecule has 1 fully saturated rings. The van der Waals surface area contributed by atoms with Crippen LogP contribution in [0.15, 0.2) is 47.5 Å². The number of benzene rings is 1. The first-order valence-corrected chi connectivity index (χ1v) is 6.93. The van der Waals surface area contributed by atoms with Crippen LogP contribution in [-0.4, -0.2) is 24.5 Å². The Morgan fingerprint density at radius 3 is 3.00 bits per heavy atom. The molecule has 0 bridgehead atoms. The van der Waals surface area contributed by atoms with Crippen LogP contribution in [0.5, 0.6) is 5.75 Å². The molecule has 3 rings (SSSR count). The first-order valence-electron chi connectivity index (χ1n) is 6.93. The molecule has 1 aliphatic heterocycles. The van der Waals surface area contributed by atoms with Crippen LogP contribution in [-0.2, 0) is 11.2 Å². The van der Waals surface area contributed by atoms with E-state index < -0.39 is 0 Å². The highest BCUT2D eigenvalue weighted by Crippen LogP contribution is 2.22. The number of epoxide rings is 1. The largest absolute Gasteiger partial charge is 0.490 e. The zero-order valence-corrected chi connectivity index (χ0v) is 11.7. The monoisotopic (exact) mass is 283 g/mol. The molecular weight excluding hydrogens is 266 g/mol. The highest BCUT2D eigenvalue weighted by atomic mass is 16.6. The van der Waals surface area contributed by atoms with Gasteiger partial charge >= 0.3 is 0 Å². The zero-order chi connectivity index (χ0) is 14.5. The Kier molecular flexibility index (Phi) is 4.17. The Labute approximate surface area is 123 Å². The lowest BCUT2D eigenvalue weighted by molar-refractivity contribution is 0.262. The van der Waals surface area contributed by atoms with Crippen LogP contribution in [0.3, 0.4) is 0 Å². The minimum atomic E-state index is 0.248. The highest BCUT2D eigenvalue weighted by Gasteiger charge is 2.23. The molecule has 0 amide bonds. The van der Waals surface area contributed by atoms with E-state index in [0.717, 1.165) is 23.6 Å². The lowest BCUT2D eigenvalue weighted by Gasteiger charge is -2.07. The van der Waals surface area contributed by atoms with Gasteiger partial charge in [-0.25, -0.2) is 0 Å². The summed E-state index contributed by atoms with van der Waals surface area (Å²) in [7, 11) is 0. The van der Waals surface area contributed by atoms with E-state index in [-0.39, 0.29) is 6.10 Å². The fourth-order valence-electron chi connectivity index (χ4n) is 1.92. The van der Waals surface area contributed by atoms with Crippen molar-refractivity contribution in [1.29, 1.82) is 0 Å². The predicted octanol–water partition coefficient (Wildman–Crippen LogP) is 3.35. The summed E-state index contributed by atoms with van der Waals surface area (Å²) in [6.45, 7) is 5.07. The van der Waals surface area contributed by atoms with Gasteiger partial charge < -0.3 is 14.0 Å². The number of ether oxygens (including phenoxy) is 2. The van der Waals surface area contributed by atoms with Crippen LogP contribution in [0, 0.1) is 0 Å². The van der Waals surface area contributed by atoms with Gasteiger partial charge in [0.25, 0.3) is 0 Å². The molecule has 1 aromatic heterocycles. The van der Waals surface area contributed by atoms with Crippen LogP contribution < -0.4 is 4.74 Å². The van der Waals surface area contributed by atoms with Crippen LogP contribution >= 0.6 is 0 Å². The third-order valence-electron chi connectivity index (χ3n) is 3.10. The summed E-state index contributed by atoms with van der Waals surface area (Å²) in [5.74, 6) is 1.56. The van der Waals surface area contributed by atoms with Gasteiger partial charge in [0.1, 0.15) is 18.5 Å². The molecule has 1 saturated heterocycles. The Morgan fingerprint density at radius 2 is 2.19 bits per heavy atom. The first kappa shape index (κ1) is 13.6. The lowest BCUT2D eigenvalue weighted by Crippen LogP contribution is -2.04. The number of hydrogen-bond donors (Lipinski definition) is 0. The average Bonchev–Trinajstić information content (AvgIpc) is 3.23. The van der Waals surface area contributed by atoms with Gasteiger partial charge in [-0.05, 0) is 18.2 Å². The van der Waals surface area contributed by atoms with E-state index in [1.807, 2.05) is 42.5 Å². The van der Waals surface area contributed by atoms with Crippen molar-refractivity contribution in [1.82, 2.24) is 5.16 Å². The number of para-hydroxylation sites is 1. The standard InChI is InChI=1S/C17H17NO3/c1-2-5-14-10-15(21-18-14)9-8-13-6-3-4-7-17(13)20-12-16-11-19-16/h2-4,6-10,16H,1,5,11-12H2/b9-8+. The second kappa shape index (κ2) is 6.41. The fourth-order valence-corrected chi connectivity index (χ4v) is 1.92. The quantitative estimate of drug-likeness (QED) is 0.577. The lowest BCUT2D eigenvalue weighted by atomic mass is 10.1. The van der Waals surface area contributed by atoms with Gasteiger partial charge in [-0.1, -0.05) is 29.4 Å². The fraction of sp³-hybridized carbons (Fsp3) is 0.235. The third kappa shape index (κ3) is 3.83. The van der Waals surface area contributed by atoms with Crippen LogP contribution in [0.2, 0.25) is 0 Å². The van der Waals surface area contributed by atoms with Gasteiger partial charge in [-0.15, -0.1) is 6.58 Å². The molecule has 2 heterocycles. The summed E-state index contributed by atoms with van der Waals surface area (Å²) in [5, 5.41) is 3.96. The molecular formula is C17H17NO3. The topological polar surface area (TPSA) is 47.8 Å². The minimum Gasteiger partial charge on any atom is -0.490 e. The Hall–Kier alpha value is -2.33. The van der Waals surface area contributed by atoms with Crippen molar-refractivity contribution >= 4 is 12.2 Å². The zero-order valence-electron chi connectivity index (χ0n) is 11.7. The molecule has 0 aliphatic carbocycles. The molecule has 1 unspecified atom stereocenters. The molecule has 0 N–H and O–H groups in total. The number of aromatic nitrogens is 1. The molecule has 0 spiro atoms. The Bertz CT molecular complexity index is 641. The minimum absolute atomic E-state index is 0.248. The van der Waals surface area contributed by atoms with E-state index in [4.69, 9.17) is 14.0 Å². The SMILES string of the molecule is C=CCc1cc(/C=C/c2ccccc2OCC2CO2)on1. The summed E-state index contributed by atoms with van der Waals surface area (Å²) in [6, 6.07) is 9.78. The van der Waals surface area contributed by atoms with E-state index in [2.05, 4.69) is 11.7 Å². The maximum absolute atomic E-state index is 5.76. The number of nitrogens with zero attached hydrogens (tertiary/aromatic N) is 1. The van der Waals surface area contributed by atoms with Gasteiger partial charge in [0.15, 0.2) is 5.76 Å². The molecule has 1 aliphatic rings. The van der Waals surface area contributed by atoms with Crippen molar-refractivity contribution < 1.29 is 14.0 Å². The summed E-state index contributed by atoms with van der Waals surface area (Å²) in [5.41, 5.74) is 1.87. The van der Waals surface area contributed by atoms with Crippen molar-refractivity contribution in [3.8, 4) is 5.75 Å². The van der Waals surface area contributed by atoms with Crippen molar-refractivity contribution in [2.45, 2.75) is 12.5 Å². The summed E-state index contributed by atoms with van der Waals surface area (Å²) >= 11 is 0. The van der Waals surface area contributed by atoms with Gasteiger partial charge in [0.05, 0.1) is 12.3 Å². The molecule has 0 radical (unpaired) electrons. The molecule has 4 nitrogen and oxygen atoms in total. The van der Waals surface area contributed by atoms with E-state index in [1.54, 1.807) is 6.08 Å². The second-order valence-corrected chi connectivity index (χ2v) is 4.85. The van der Waals surface area contributed by atoms with Crippen LogP contribution in [0.4, 0.5) is 0 Å². The van der Waals surface area contributed by atoms with Crippen molar-refractivity contribution in [3.05, 3.63) is 60.0 Å². The van der Waals surface area contributed by atoms with E-state index in [0.29, 0.717) is 18.8 Å². The summed E-state index contributed by atoms with van der Waals surface area (Å²) in [4.78, 5) is 0. The first-order chi connectivity index (χ1) is 10.3. The van der Waals surface area contributed by atoms with Crippen LogP contribution in [0.25, 0.3) is 12.2 Å². The molecule has 4 heteroatoms. The van der Waals surface area contributed by atoms with Crippen molar-refractivity contribution in [3.63, 3.8) is 0 Å². The molecule has 1 aromatic carbocycles. The molecule has 0 saturated carbocycles. The van der Waals surface area contributed by atoms with Gasteiger partial charge in [-0.3, -0.25) is 0 Å². The van der Waals surface area contributed by atoms with Gasteiger partial charge in [0.2, 0.25) is 0 Å². The summed E-state index contributed by atoms with van der Waals surface area (Å²) < 4.78 is 16.1. The number of rotatable bonds is 7. The predicted molar refractivity (Wildman–Crippen MR) is 81.0 cm³/mol. The molecule has 1 atom stereocenters. The Morgan fingerprint density at radius 1 is 1.33 bits per heavy atom. The van der Waals surface area contributed by atoms with Gasteiger partial charge in [0, 0.05) is 18.1 Å². The highest BCUT2D eigenvalue weighted by molar-refractivity contribution is 5.70. The van der Waals surface area contributed by atoms with E-state index in [9.17, 15) is 0 Å². The maximum atomic E-state index is 5.76. The average molecular weight is 283 g/mol. The smallest absolute Gasteiger partial charge is 0.159 e. The third-order valence-corrected chi connectivity index (χ3v) is 3.10. The summed E-state index contributed by atoms with van der Waals surface area (Å²) in [6.07, 6.45) is 6.60. The number of allylic oxidation sites excluding steroid dienone is 1. The van der Waals surface area contributed by atoms with Crippen molar-refractivity contribution in [2.24, 2.45) is 0 Å². The second-order valence-electron chi connectivity index (χ2n) is 4.85. The molecule has 2 aromatic rings. The maximum Gasteiger partial charge on any atom is 0.159 e. The molecule has 21 heavy (non-hydrogen) atoms. The van der Waals surface area contributed by atoms with E-state index in [1.165, 1.54) is 0 Å². The van der Waals surface area contributed by atoms with E-state index >= 15 is 0 Å². The van der Waals surface area contributed by atoms with Gasteiger partial charge in [-0.2, -0.15) is 0 Å². The molecule has 108 valence electrons. The Balaban J connectivity index is 1.69. The van der Waals surface area contributed by atoms with Crippen LogP contribution in [0.1, 0.15) is 17.0 Å². The van der Waals surface area contributed by atoms with Crippen molar-refractivity contribution in [2.75, 3.05) is 13.2 Å².